The molecule has 1 unspecified atom stereocenters. The normalized spacial score (nSPS) is 20.8. The van der Waals surface area contributed by atoms with Gasteiger partial charge in [-0.1, -0.05) is 18.2 Å². The number of likely N-dealkylation sites (tertiary alicyclic amines) is 1. The fraction of sp³-hybridized carbons (Fsp3) is 0.524. The number of guanidine groups is 1. The van der Waals surface area contributed by atoms with Gasteiger partial charge in [0.2, 0.25) is 5.89 Å². The molecule has 1 aromatic heterocycles. The van der Waals surface area contributed by atoms with Crippen LogP contribution in [0.25, 0.3) is 11.5 Å². The first-order chi connectivity index (χ1) is 13.3. The Morgan fingerprint density at radius 3 is 2.85 bits per heavy atom. The first-order valence-corrected chi connectivity index (χ1v) is 10.1. The van der Waals surface area contributed by atoms with E-state index in [0.29, 0.717) is 18.4 Å². The van der Waals surface area contributed by atoms with Crippen molar-refractivity contribution in [3.05, 3.63) is 42.3 Å². The van der Waals surface area contributed by atoms with E-state index in [1.165, 1.54) is 32.4 Å². The molecule has 144 valence electrons. The summed E-state index contributed by atoms with van der Waals surface area (Å²) in [5.41, 5.74) is 1.83. The summed E-state index contributed by atoms with van der Waals surface area (Å²) in [4.78, 5) is 11.9. The van der Waals surface area contributed by atoms with Crippen LogP contribution in [0.4, 0.5) is 0 Å². The van der Waals surface area contributed by atoms with Crippen molar-refractivity contribution in [3.8, 4) is 11.5 Å². The van der Waals surface area contributed by atoms with E-state index in [9.17, 15) is 0 Å². The van der Waals surface area contributed by atoms with Crippen LogP contribution in [0.2, 0.25) is 0 Å². The van der Waals surface area contributed by atoms with Gasteiger partial charge >= 0.3 is 0 Å². The van der Waals surface area contributed by atoms with E-state index in [-0.39, 0.29) is 0 Å². The minimum Gasteiger partial charge on any atom is -0.444 e. The van der Waals surface area contributed by atoms with E-state index < -0.39 is 0 Å². The standard InChI is InChI=1S/C21H29N5O/c1-2-22-21(23-12-16-10-11-26(14-16)19-8-9-19)24-13-18-15-27-20(25-18)17-6-4-3-5-7-17/h3-7,15-16,19H,2,8-14H2,1H3,(H2,22,23,24). The van der Waals surface area contributed by atoms with Gasteiger partial charge < -0.3 is 20.0 Å². The molecule has 6 heteroatoms. The Kier molecular flexibility index (Phi) is 5.72. The predicted octanol–water partition coefficient (Wildman–Crippen LogP) is 2.88. The summed E-state index contributed by atoms with van der Waals surface area (Å²) < 4.78 is 5.60. The lowest BCUT2D eigenvalue weighted by molar-refractivity contribution is 0.314. The highest BCUT2D eigenvalue weighted by Gasteiger charge is 2.34. The fourth-order valence-corrected chi connectivity index (χ4v) is 3.64. The number of nitrogens with zero attached hydrogens (tertiary/aromatic N) is 3. The third-order valence-corrected chi connectivity index (χ3v) is 5.25. The third-order valence-electron chi connectivity index (χ3n) is 5.25. The summed E-state index contributed by atoms with van der Waals surface area (Å²) >= 11 is 0. The summed E-state index contributed by atoms with van der Waals surface area (Å²) in [6.07, 6.45) is 5.77. The zero-order valence-corrected chi connectivity index (χ0v) is 16.0. The van der Waals surface area contributed by atoms with Crippen LogP contribution in [0.5, 0.6) is 0 Å². The van der Waals surface area contributed by atoms with E-state index in [2.05, 4.69) is 32.4 Å². The van der Waals surface area contributed by atoms with Gasteiger partial charge in [0.25, 0.3) is 0 Å². The van der Waals surface area contributed by atoms with Crippen LogP contribution in [0, 0.1) is 5.92 Å². The molecule has 0 spiro atoms. The van der Waals surface area contributed by atoms with E-state index >= 15 is 0 Å². The Labute approximate surface area is 161 Å². The molecule has 27 heavy (non-hydrogen) atoms. The van der Waals surface area contributed by atoms with Crippen LogP contribution < -0.4 is 10.6 Å². The average molecular weight is 367 g/mol. The van der Waals surface area contributed by atoms with Crippen LogP contribution in [-0.4, -0.2) is 48.1 Å². The summed E-state index contributed by atoms with van der Waals surface area (Å²) in [7, 11) is 0. The molecule has 1 saturated heterocycles. The van der Waals surface area contributed by atoms with Gasteiger partial charge in [0.15, 0.2) is 5.96 Å². The Balaban J connectivity index is 1.30. The van der Waals surface area contributed by atoms with Crippen molar-refractivity contribution in [1.29, 1.82) is 0 Å². The molecule has 2 N–H and O–H groups in total. The maximum atomic E-state index is 5.60. The fourth-order valence-electron chi connectivity index (χ4n) is 3.64. The van der Waals surface area contributed by atoms with Crippen molar-refractivity contribution in [3.63, 3.8) is 0 Å². The number of rotatable bonds is 7. The molecule has 2 heterocycles. The quantitative estimate of drug-likeness (QED) is 0.582. The van der Waals surface area contributed by atoms with Crippen LogP contribution in [0.3, 0.4) is 0 Å². The molecule has 2 fully saturated rings. The lowest BCUT2D eigenvalue weighted by Gasteiger charge is -2.16. The predicted molar refractivity (Wildman–Crippen MR) is 107 cm³/mol. The Hall–Kier alpha value is -2.34. The summed E-state index contributed by atoms with van der Waals surface area (Å²) in [6, 6.07) is 10.8. The van der Waals surface area contributed by atoms with E-state index in [1.807, 2.05) is 30.3 Å². The minimum absolute atomic E-state index is 0.504. The maximum Gasteiger partial charge on any atom is 0.226 e. The molecule has 0 bridgehead atoms. The molecule has 0 amide bonds. The number of hydrogen-bond acceptors (Lipinski definition) is 4. The van der Waals surface area contributed by atoms with Crippen molar-refractivity contribution in [2.75, 3.05) is 26.2 Å². The van der Waals surface area contributed by atoms with Crippen LogP contribution in [-0.2, 0) is 6.54 Å². The molecule has 1 aliphatic carbocycles. The lowest BCUT2D eigenvalue weighted by Crippen LogP contribution is -2.40. The Morgan fingerprint density at radius 2 is 2.07 bits per heavy atom. The highest BCUT2D eigenvalue weighted by atomic mass is 16.3. The molecule has 1 aromatic carbocycles. The topological polar surface area (TPSA) is 65.7 Å². The molecule has 1 aliphatic heterocycles. The largest absolute Gasteiger partial charge is 0.444 e. The Morgan fingerprint density at radius 1 is 1.22 bits per heavy atom. The second-order valence-electron chi connectivity index (χ2n) is 7.47. The van der Waals surface area contributed by atoms with Gasteiger partial charge in [-0.2, -0.15) is 0 Å². The zero-order valence-electron chi connectivity index (χ0n) is 16.0. The zero-order chi connectivity index (χ0) is 18.5. The van der Waals surface area contributed by atoms with Gasteiger partial charge in [-0.15, -0.1) is 0 Å². The first-order valence-electron chi connectivity index (χ1n) is 10.1. The molecule has 6 nitrogen and oxygen atoms in total. The van der Waals surface area contributed by atoms with Crippen molar-refractivity contribution < 1.29 is 4.42 Å². The molecule has 2 aromatic rings. The SMILES string of the molecule is CCNC(=NCc1coc(-c2ccccc2)n1)NCC1CCN(C2CC2)C1. The van der Waals surface area contributed by atoms with Crippen molar-refractivity contribution >= 4 is 5.96 Å². The summed E-state index contributed by atoms with van der Waals surface area (Å²) in [5, 5.41) is 6.83. The molecule has 1 atom stereocenters. The van der Waals surface area contributed by atoms with Gasteiger partial charge in [-0.25, -0.2) is 9.98 Å². The summed E-state index contributed by atoms with van der Waals surface area (Å²) in [6.45, 7) is 6.89. The van der Waals surface area contributed by atoms with Crippen molar-refractivity contribution in [2.24, 2.45) is 10.9 Å². The molecule has 1 saturated carbocycles. The third kappa shape index (κ3) is 4.89. The second-order valence-corrected chi connectivity index (χ2v) is 7.47. The van der Waals surface area contributed by atoms with E-state index in [1.54, 1.807) is 6.26 Å². The van der Waals surface area contributed by atoms with Crippen LogP contribution in [0.15, 0.2) is 46.0 Å². The van der Waals surface area contributed by atoms with Crippen LogP contribution in [0.1, 0.15) is 31.9 Å². The molecule has 2 aliphatic rings. The number of aromatic nitrogens is 1. The van der Waals surface area contributed by atoms with E-state index in [4.69, 9.17) is 4.42 Å². The highest BCUT2D eigenvalue weighted by Crippen LogP contribution is 2.31. The van der Waals surface area contributed by atoms with Crippen molar-refractivity contribution in [2.45, 2.75) is 38.8 Å². The van der Waals surface area contributed by atoms with Gasteiger partial charge in [0.05, 0.1) is 6.54 Å². The first kappa shape index (κ1) is 18.0. The van der Waals surface area contributed by atoms with Crippen molar-refractivity contribution in [1.82, 2.24) is 20.5 Å². The lowest BCUT2D eigenvalue weighted by atomic mass is 10.1. The molecular weight excluding hydrogens is 338 g/mol. The number of benzene rings is 1. The summed E-state index contributed by atoms with van der Waals surface area (Å²) in [5.74, 6) is 2.21. The Bertz CT molecular complexity index is 753. The molecule has 0 radical (unpaired) electrons. The number of nitrogens with one attached hydrogen (secondary N) is 2. The van der Waals surface area contributed by atoms with Gasteiger partial charge in [-0.3, -0.25) is 0 Å². The van der Waals surface area contributed by atoms with Crippen LogP contribution >= 0.6 is 0 Å². The van der Waals surface area contributed by atoms with Gasteiger partial charge in [0.1, 0.15) is 12.0 Å². The second kappa shape index (κ2) is 8.57. The minimum atomic E-state index is 0.504. The monoisotopic (exact) mass is 367 g/mol. The van der Waals surface area contributed by atoms with E-state index in [0.717, 1.165) is 36.3 Å². The number of aliphatic imine (C=N–C) groups is 1. The van der Waals surface area contributed by atoms with Gasteiger partial charge in [-0.05, 0) is 50.8 Å². The maximum absolute atomic E-state index is 5.60. The molecular formula is C21H29N5O. The number of oxazole rings is 1. The highest BCUT2D eigenvalue weighted by molar-refractivity contribution is 5.79. The van der Waals surface area contributed by atoms with Gasteiger partial charge in [0, 0.05) is 31.2 Å². The number of hydrogen-bond donors (Lipinski definition) is 2. The smallest absolute Gasteiger partial charge is 0.226 e. The molecule has 4 rings (SSSR count). The average Bonchev–Trinajstić information content (AvgIpc) is 3.26.